The van der Waals surface area contributed by atoms with Gasteiger partial charge in [0, 0.05) is 0 Å². The summed E-state index contributed by atoms with van der Waals surface area (Å²) in [7, 11) is -4.26. The maximum absolute atomic E-state index is 10.6. The lowest BCUT2D eigenvalue weighted by atomic mass is 10.3. The molecule has 8 heteroatoms. The van der Waals surface area contributed by atoms with Crippen molar-refractivity contribution in [2.75, 3.05) is 0 Å². The van der Waals surface area contributed by atoms with E-state index < -0.39 is 15.2 Å². The average Bonchev–Trinajstić information content (AvgIpc) is 2.02. The second kappa shape index (κ2) is 3.60. The number of hydrogen-bond donors (Lipinski definition) is 1. The summed E-state index contributed by atoms with van der Waals surface area (Å²) in [6.45, 7) is 0. The molecule has 0 aliphatic rings. The van der Waals surface area contributed by atoms with Gasteiger partial charge in [0.1, 0.15) is 0 Å². The number of hydrogen-bond acceptors (Lipinski definition) is 4. The first-order valence-electron chi connectivity index (χ1n) is 3.33. The largest absolute Gasteiger partial charge is 0.349 e. The fraction of sp³-hybridized carbons (Fsp3) is 0. The molecule has 0 bridgehead atoms. The molecule has 7 nitrogen and oxygen atoms in total. The van der Waals surface area contributed by atoms with Crippen molar-refractivity contribution < 1.29 is 18.0 Å². The van der Waals surface area contributed by atoms with E-state index in [0.29, 0.717) is 0 Å². The highest BCUT2D eigenvalue weighted by molar-refractivity contribution is 7.85. The Morgan fingerprint density at radius 3 is 2.14 bits per heavy atom. The van der Waals surface area contributed by atoms with Gasteiger partial charge in [-0.1, -0.05) is 17.8 Å². The Hall–Kier alpha value is -1.67. The predicted molar refractivity (Wildman–Crippen MR) is 46.3 cm³/mol. The van der Waals surface area contributed by atoms with Crippen LogP contribution in [-0.4, -0.2) is 18.0 Å². The summed E-state index contributed by atoms with van der Waals surface area (Å²) in [5.74, 6) is 0. The third-order valence-electron chi connectivity index (χ3n) is 1.33. The van der Waals surface area contributed by atoms with Crippen LogP contribution in [0.3, 0.4) is 0 Å². The molecule has 0 heterocycles. The zero-order chi connectivity index (χ0) is 10.8. The highest BCUT2D eigenvalue weighted by Gasteiger charge is 2.06. The first-order valence-corrected chi connectivity index (χ1v) is 4.77. The Morgan fingerprint density at radius 1 is 1.29 bits per heavy atom. The fourth-order valence-corrected chi connectivity index (χ4v) is 1.26. The van der Waals surface area contributed by atoms with Crippen molar-refractivity contribution in [1.82, 2.24) is 0 Å². The van der Waals surface area contributed by atoms with E-state index in [4.69, 9.17) is 4.55 Å². The molecule has 1 N–H and O–H groups in total. The van der Waals surface area contributed by atoms with Crippen LogP contribution in [0.5, 0.6) is 0 Å². The third-order valence-corrected chi connectivity index (χ3v) is 2.20. The standard InChI is InChI=1S/C6H5N2O5S/c9-8(10)7-5-1-3-6(4-2-5)14(11,12)13/h1-4H,(H,11,12,13)/q-1. The van der Waals surface area contributed by atoms with Gasteiger partial charge in [0.25, 0.3) is 10.1 Å². The molecule has 0 radical (unpaired) electrons. The molecule has 0 amide bonds. The molecule has 0 aliphatic heterocycles. The van der Waals surface area contributed by atoms with Gasteiger partial charge >= 0.3 is 0 Å². The zero-order valence-corrected chi connectivity index (χ0v) is 7.51. The van der Waals surface area contributed by atoms with E-state index in [1.807, 2.05) is 0 Å². The maximum Gasteiger partial charge on any atom is 0.294 e. The SMILES string of the molecule is O=[N+]([O-])[N-]c1ccc(S(=O)(=O)O)cc1. The van der Waals surface area contributed by atoms with E-state index in [-0.39, 0.29) is 10.6 Å². The van der Waals surface area contributed by atoms with Crippen LogP contribution < -0.4 is 0 Å². The molecule has 0 aliphatic carbocycles. The highest BCUT2D eigenvalue weighted by atomic mass is 32.2. The van der Waals surface area contributed by atoms with Crippen LogP contribution in [0.4, 0.5) is 5.69 Å². The Labute approximate surface area is 79.2 Å². The summed E-state index contributed by atoms with van der Waals surface area (Å²) in [4.78, 5) is 9.59. The first-order chi connectivity index (χ1) is 6.39. The molecule has 0 saturated heterocycles. The maximum atomic E-state index is 10.6. The minimum absolute atomic E-state index is 0.00222. The second-order valence-electron chi connectivity index (χ2n) is 2.31. The Kier molecular flexibility index (Phi) is 2.68. The number of nitrogens with zero attached hydrogens (tertiary/aromatic N) is 2. The van der Waals surface area contributed by atoms with E-state index in [0.717, 1.165) is 24.3 Å². The van der Waals surface area contributed by atoms with Gasteiger partial charge in [-0.2, -0.15) is 8.42 Å². The third kappa shape index (κ3) is 2.68. The van der Waals surface area contributed by atoms with Gasteiger partial charge in [0.15, 0.2) is 0 Å². The molecular formula is C6H5N2O5S-. The van der Waals surface area contributed by atoms with Crippen LogP contribution in [0.15, 0.2) is 29.2 Å². The van der Waals surface area contributed by atoms with E-state index >= 15 is 0 Å². The van der Waals surface area contributed by atoms with Gasteiger partial charge in [-0.25, -0.2) is 0 Å². The van der Waals surface area contributed by atoms with Gasteiger partial charge in [0.05, 0.1) is 4.90 Å². The van der Waals surface area contributed by atoms with Crippen molar-refractivity contribution in [2.45, 2.75) is 4.90 Å². The molecule has 0 aromatic heterocycles. The first kappa shape index (κ1) is 10.4. The van der Waals surface area contributed by atoms with Crippen LogP contribution in [0, 0.1) is 10.1 Å². The van der Waals surface area contributed by atoms with Crippen molar-refractivity contribution in [3.05, 3.63) is 39.8 Å². The van der Waals surface area contributed by atoms with E-state index in [9.17, 15) is 18.5 Å². The summed E-state index contributed by atoms with van der Waals surface area (Å²) in [5.41, 5.74) is 2.93. The minimum Gasteiger partial charge on any atom is -0.349 e. The molecule has 0 fully saturated rings. The Balaban J connectivity index is 2.95. The molecule has 0 unspecified atom stereocenters. The molecule has 1 aromatic carbocycles. The van der Waals surface area contributed by atoms with Gasteiger partial charge in [-0.15, -0.1) is 0 Å². The lowest BCUT2D eigenvalue weighted by Gasteiger charge is -2.09. The monoisotopic (exact) mass is 217 g/mol. The zero-order valence-electron chi connectivity index (χ0n) is 6.69. The molecule has 76 valence electrons. The number of nitro groups is 1. The van der Waals surface area contributed by atoms with Crippen LogP contribution in [-0.2, 0) is 10.1 Å². The summed E-state index contributed by atoms with van der Waals surface area (Å²) < 4.78 is 29.7. The summed E-state index contributed by atoms with van der Waals surface area (Å²) >= 11 is 0. The quantitative estimate of drug-likeness (QED) is 0.463. The fourth-order valence-electron chi connectivity index (χ4n) is 0.779. The summed E-state index contributed by atoms with van der Waals surface area (Å²) in [6, 6.07) is 4.28. The molecule has 0 atom stereocenters. The van der Waals surface area contributed by atoms with Crippen LogP contribution in [0.2, 0.25) is 0 Å². The van der Waals surface area contributed by atoms with Crippen molar-refractivity contribution in [2.24, 2.45) is 0 Å². The smallest absolute Gasteiger partial charge is 0.294 e. The molecule has 0 spiro atoms. The van der Waals surface area contributed by atoms with E-state index in [2.05, 4.69) is 5.43 Å². The lowest BCUT2D eigenvalue weighted by molar-refractivity contribution is -0.418. The summed E-state index contributed by atoms with van der Waals surface area (Å²) in [5, 5.41) is 9.02. The molecule has 1 aromatic rings. The average molecular weight is 217 g/mol. The number of benzene rings is 1. The van der Waals surface area contributed by atoms with Gasteiger partial charge in [-0.05, 0) is 17.2 Å². The topological polar surface area (TPSA) is 112 Å². The molecule has 14 heavy (non-hydrogen) atoms. The van der Waals surface area contributed by atoms with Crippen molar-refractivity contribution in [3.8, 4) is 0 Å². The van der Waals surface area contributed by atoms with Crippen LogP contribution in [0.25, 0.3) is 5.43 Å². The molecule has 0 saturated carbocycles. The normalized spacial score (nSPS) is 10.9. The van der Waals surface area contributed by atoms with E-state index in [1.54, 1.807) is 0 Å². The second-order valence-corrected chi connectivity index (χ2v) is 3.73. The van der Waals surface area contributed by atoms with E-state index in [1.165, 1.54) is 0 Å². The predicted octanol–water partition coefficient (Wildman–Crippen LogP) is 1.13. The Bertz CT molecular complexity index is 438. The lowest BCUT2D eigenvalue weighted by Crippen LogP contribution is -1.97. The van der Waals surface area contributed by atoms with Gasteiger partial charge < -0.3 is 5.43 Å². The highest BCUT2D eigenvalue weighted by Crippen LogP contribution is 2.19. The Morgan fingerprint density at radius 2 is 1.79 bits per heavy atom. The van der Waals surface area contributed by atoms with Crippen LogP contribution >= 0.6 is 0 Å². The van der Waals surface area contributed by atoms with Crippen LogP contribution in [0.1, 0.15) is 0 Å². The molecule has 1 rings (SSSR count). The van der Waals surface area contributed by atoms with Crippen molar-refractivity contribution in [3.63, 3.8) is 0 Å². The number of rotatable bonds is 3. The molecular weight excluding hydrogens is 212 g/mol. The van der Waals surface area contributed by atoms with Crippen molar-refractivity contribution >= 4 is 15.8 Å². The summed E-state index contributed by atoms with van der Waals surface area (Å²) in [6.07, 6.45) is 0. The van der Waals surface area contributed by atoms with Crippen molar-refractivity contribution in [1.29, 1.82) is 0 Å². The minimum atomic E-state index is -4.26. The van der Waals surface area contributed by atoms with Gasteiger partial charge in [0.2, 0.25) is 0 Å². The van der Waals surface area contributed by atoms with Gasteiger partial charge in [-0.3, -0.25) is 14.7 Å².